The fraction of sp³-hybridized carbons (Fsp3) is 0.800. The molecule has 0 saturated carbocycles. The molecule has 6 N–H and O–H groups in total. The number of amides is 2. The maximum Gasteiger partial charge on any atom is 2.00 e. The number of carboxylic acid groups (broad SMARTS) is 2. The Hall–Kier alpha value is -1.02. The Morgan fingerprint density at radius 1 is 0.727 bits per heavy atom. The molecule has 0 aliphatic carbocycles. The van der Waals surface area contributed by atoms with Gasteiger partial charge in [0.25, 0.3) is 0 Å². The zero-order chi connectivity index (χ0) is 25.5. The third kappa shape index (κ3) is 17.1. The average Bonchev–Trinajstić information content (AvgIpc) is 2.72. The fourth-order valence-electron chi connectivity index (χ4n) is 1.96. The van der Waals surface area contributed by atoms with Crippen molar-refractivity contribution in [3.63, 3.8) is 0 Å². The van der Waals surface area contributed by atoms with Crippen molar-refractivity contribution >= 4 is 61.5 Å². The average molecular weight is 505 g/mol. The van der Waals surface area contributed by atoms with Crippen molar-refractivity contribution in [2.45, 2.75) is 65.6 Å². The summed E-state index contributed by atoms with van der Waals surface area (Å²) in [5, 5.41) is 61.9. The molecule has 0 aliphatic heterocycles. The van der Waals surface area contributed by atoms with Crippen molar-refractivity contribution in [3.05, 3.63) is 0 Å². The van der Waals surface area contributed by atoms with Gasteiger partial charge in [-0.3, -0.25) is 9.59 Å². The van der Waals surface area contributed by atoms with E-state index in [0.717, 1.165) is 0 Å². The third-order valence-electron chi connectivity index (χ3n) is 4.51. The summed E-state index contributed by atoms with van der Waals surface area (Å²) in [6.07, 6.45) is -2.42. The largest absolute Gasteiger partial charge is 2.00 e. The van der Waals surface area contributed by atoms with Crippen LogP contribution in [0.15, 0.2) is 0 Å². The van der Waals surface area contributed by atoms with Crippen LogP contribution in [0.3, 0.4) is 0 Å². The van der Waals surface area contributed by atoms with Crippen molar-refractivity contribution in [2.75, 3.05) is 26.3 Å². The number of rotatable bonds is 14. The number of carbonyl (C=O) groups excluding carboxylic acids is 4. The molecule has 2 unspecified atom stereocenters. The van der Waals surface area contributed by atoms with Gasteiger partial charge in [0, 0.05) is 35.9 Å². The van der Waals surface area contributed by atoms with Crippen LogP contribution >= 0.6 is 0 Å². The standard InChI is InChI=1S/2C10H19NO5.Ca/c2*1-10(2,6-12)8(15)9(16)11-5-3-4-7(13)14;/h2*8,12,15H,3-6H2,1-2H3,(H,11,16)(H,13,14);/q;;+2/p-2. The van der Waals surface area contributed by atoms with Gasteiger partial charge in [0.15, 0.2) is 0 Å². The monoisotopic (exact) mass is 504 g/mol. The first kappa shape index (κ1) is 36.5. The first-order valence-electron chi connectivity index (χ1n) is 10.1. The SMILES string of the molecule is CC(C)(CO)C(O)C(=O)NCCCC(=O)[O-].CC(C)(CO)C(O)C(=O)NCCCC(=O)[O-].[Ca+2]. The zero-order valence-corrected chi connectivity index (χ0v) is 22.0. The molecule has 0 spiro atoms. The number of nitrogens with one attached hydrogen (secondary N) is 2. The summed E-state index contributed by atoms with van der Waals surface area (Å²) in [7, 11) is 0. The van der Waals surface area contributed by atoms with Gasteiger partial charge >= 0.3 is 37.7 Å². The summed E-state index contributed by atoms with van der Waals surface area (Å²) < 4.78 is 0. The molecule has 0 fully saturated rings. The molecule has 2 amide bonds. The number of aliphatic hydroxyl groups excluding tert-OH is 4. The van der Waals surface area contributed by atoms with E-state index in [1.165, 1.54) is 0 Å². The molecule has 33 heavy (non-hydrogen) atoms. The van der Waals surface area contributed by atoms with Gasteiger partial charge in [0.05, 0.1) is 13.2 Å². The van der Waals surface area contributed by atoms with Crippen LogP contribution in [0.25, 0.3) is 0 Å². The van der Waals surface area contributed by atoms with Gasteiger partial charge in [-0.2, -0.15) is 0 Å². The number of carboxylic acids is 2. The van der Waals surface area contributed by atoms with Gasteiger partial charge in [-0.15, -0.1) is 0 Å². The Kier molecular flexibility index (Phi) is 20.3. The van der Waals surface area contributed by atoms with Crippen LogP contribution in [0.4, 0.5) is 0 Å². The second-order valence-electron chi connectivity index (χ2n) is 8.63. The molecule has 2 atom stereocenters. The summed E-state index contributed by atoms with van der Waals surface area (Å²) in [4.78, 5) is 42.9. The van der Waals surface area contributed by atoms with Gasteiger partial charge in [-0.1, -0.05) is 27.7 Å². The van der Waals surface area contributed by atoms with Crippen molar-refractivity contribution < 1.29 is 49.8 Å². The van der Waals surface area contributed by atoms with E-state index in [2.05, 4.69) is 10.6 Å². The molecule has 0 bridgehead atoms. The normalized spacial score (nSPS) is 12.8. The molecule has 13 heteroatoms. The minimum atomic E-state index is -1.32. The number of aliphatic hydroxyl groups is 4. The smallest absolute Gasteiger partial charge is 0.550 e. The number of hydrogen-bond acceptors (Lipinski definition) is 10. The maximum atomic E-state index is 11.4. The molecule has 188 valence electrons. The van der Waals surface area contributed by atoms with Crippen LogP contribution in [-0.2, 0) is 19.2 Å². The fourth-order valence-corrected chi connectivity index (χ4v) is 1.96. The van der Waals surface area contributed by atoms with Crippen LogP contribution in [-0.4, -0.2) is 120 Å². The van der Waals surface area contributed by atoms with Crippen LogP contribution in [0.2, 0.25) is 0 Å². The van der Waals surface area contributed by atoms with E-state index in [0.29, 0.717) is 0 Å². The number of hydrogen-bond donors (Lipinski definition) is 6. The summed E-state index contributed by atoms with van der Waals surface area (Å²) in [5.41, 5.74) is -1.84. The molecule has 0 aromatic heterocycles. The molecule has 0 radical (unpaired) electrons. The second kappa shape index (κ2) is 18.3. The van der Waals surface area contributed by atoms with E-state index in [1.54, 1.807) is 27.7 Å². The van der Waals surface area contributed by atoms with Crippen LogP contribution < -0.4 is 20.8 Å². The Balaban J connectivity index is -0.000000529. The number of carbonyl (C=O) groups is 4. The molecular formula is C20H36CaN2O10. The van der Waals surface area contributed by atoms with Gasteiger partial charge in [-0.05, 0) is 25.7 Å². The van der Waals surface area contributed by atoms with E-state index < -0.39 is 46.8 Å². The third-order valence-corrected chi connectivity index (χ3v) is 4.51. The van der Waals surface area contributed by atoms with E-state index >= 15 is 0 Å². The molecular weight excluding hydrogens is 468 g/mol. The van der Waals surface area contributed by atoms with Gasteiger partial charge < -0.3 is 50.9 Å². The zero-order valence-electron chi connectivity index (χ0n) is 19.8. The van der Waals surface area contributed by atoms with Crippen LogP contribution in [0.1, 0.15) is 53.4 Å². The molecule has 0 saturated heterocycles. The van der Waals surface area contributed by atoms with Crippen molar-refractivity contribution in [3.8, 4) is 0 Å². The predicted octanol–water partition coefficient (Wildman–Crippen LogP) is -4.36. The first-order chi connectivity index (χ1) is 14.6. The predicted molar refractivity (Wildman–Crippen MR) is 114 cm³/mol. The first-order valence-corrected chi connectivity index (χ1v) is 10.1. The number of aliphatic carboxylic acids is 2. The molecule has 0 heterocycles. The van der Waals surface area contributed by atoms with E-state index in [1.807, 2.05) is 0 Å². The Morgan fingerprint density at radius 3 is 1.21 bits per heavy atom. The minimum Gasteiger partial charge on any atom is -0.550 e. The quantitative estimate of drug-likeness (QED) is 0.0985. The second-order valence-corrected chi connectivity index (χ2v) is 8.63. The topological polar surface area (TPSA) is 219 Å². The van der Waals surface area contributed by atoms with Crippen LogP contribution in [0.5, 0.6) is 0 Å². The summed E-state index contributed by atoms with van der Waals surface area (Å²) in [6, 6.07) is 0. The maximum absolute atomic E-state index is 11.4. The van der Waals surface area contributed by atoms with E-state index in [4.69, 9.17) is 10.2 Å². The van der Waals surface area contributed by atoms with Gasteiger partial charge in [0.2, 0.25) is 11.8 Å². The molecule has 0 aliphatic rings. The molecule has 0 rings (SSSR count). The van der Waals surface area contributed by atoms with Crippen molar-refractivity contribution in [1.82, 2.24) is 10.6 Å². The summed E-state index contributed by atoms with van der Waals surface area (Å²) >= 11 is 0. The van der Waals surface area contributed by atoms with Crippen molar-refractivity contribution in [1.29, 1.82) is 0 Å². The molecule has 0 aromatic rings. The van der Waals surface area contributed by atoms with E-state index in [9.17, 15) is 39.6 Å². The molecule has 12 nitrogen and oxygen atoms in total. The Labute approximate surface area is 223 Å². The van der Waals surface area contributed by atoms with Crippen LogP contribution in [0, 0.1) is 10.8 Å². The summed E-state index contributed by atoms with van der Waals surface area (Å²) in [5.74, 6) is -3.58. The van der Waals surface area contributed by atoms with E-state index in [-0.39, 0.29) is 89.7 Å². The Bertz CT molecular complexity index is 562. The van der Waals surface area contributed by atoms with Crippen molar-refractivity contribution in [2.24, 2.45) is 10.8 Å². The van der Waals surface area contributed by atoms with Gasteiger partial charge in [-0.25, -0.2) is 0 Å². The minimum absolute atomic E-state index is 0. The Morgan fingerprint density at radius 2 is 1.00 bits per heavy atom. The van der Waals surface area contributed by atoms with Gasteiger partial charge in [0.1, 0.15) is 12.2 Å². The molecule has 0 aromatic carbocycles. The summed E-state index contributed by atoms with van der Waals surface area (Å²) in [6.45, 7) is 5.89.